The molecular weight excluding hydrogens is 486 g/mol. The van der Waals surface area contributed by atoms with E-state index in [1.165, 1.54) is 5.52 Å². The van der Waals surface area contributed by atoms with Crippen LogP contribution < -0.4 is 14.8 Å². The van der Waals surface area contributed by atoms with E-state index in [-0.39, 0.29) is 5.91 Å². The first kappa shape index (κ1) is 26.6. The van der Waals surface area contributed by atoms with Crippen molar-refractivity contribution in [2.45, 2.75) is 45.1 Å². The number of unbranched alkanes of at least 4 members (excludes halogenated alkanes) is 3. The molecule has 0 atom stereocenters. The number of methoxy groups -OCH3 is 1. The summed E-state index contributed by atoms with van der Waals surface area (Å²) < 4.78 is 13.4. The van der Waals surface area contributed by atoms with Crippen molar-refractivity contribution < 1.29 is 14.3 Å². The van der Waals surface area contributed by atoms with Crippen LogP contribution in [0.1, 0.15) is 48.3 Å². The van der Waals surface area contributed by atoms with E-state index in [4.69, 9.17) is 26.1 Å². The lowest BCUT2D eigenvalue weighted by Gasteiger charge is -2.11. The van der Waals surface area contributed by atoms with E-state index < -0.39 is 0 Å². The molecule has 4 aromatic rings. The summed E-state index contributed by atoms with van der Waals surface area (Å²) in [6.07, 6.45) is 5.84. The SMILES string of the molecule is COc1ccc(OCCCCn2c(CCCCCNC(=O)c3ccccc3Cl)nc3ccccc32)cc1. The molecule has 0 radical (unpaired) electrons. The second-order valence-electron chi connectivity index (χ2n) is 8.95. The van der Waals surface area contributed by atoms with Gasteiger partial charge in [0.1, 0.15) is 17.3 Å². The van der Waals surface area contributed by atoms with Gasteiger partial charge in [-0.2, -0.15) is 0 Å². The number of para-hydroxylation sites is 2. The molecule has 3 aromatic carbocycles. The second-order valence-corrected chi connectivity index (χ2v) is 9.35. The average molecular weight is 520 g/mol. The minimum Gasteiger partial charge on any atom is -0.497 e. The fraction of sp³-hybridized carbons (Fsp3) is 0.333. The molecule has 0 fully saturated rings. The minimum absolute atomic E-state index is 0.122. The number of aromatic nitrogens is 2. The highest BCUT2D eigenvalue weighted by molar-refractivity contribution is 6.33. The Morgan fingerprint density at radius 1 is 0.892 bits per heavy atom. The molecule has 1 amide bonds. The Hall–Kier alpha value is -3.51. The van der Waals surface area contributed by atoms with Gasteiger partial charge >= 0.3 is 0 Å². The first-order valence-corrected chi connectivity index (χ1v) is 13.3. The Morgan fingerprint density at radius 3 is 2.46 bits per heavy atom. The van der Waals surface area contributed by atoms with E-state index in [1.54, 1.807) is 19.2 Å². The number of imidazole rings is 1. The first-order valence-electron chi connectivity index (χ1n) is 12.9. The van der Waals surface area contributed by atoms with E-state index in [0.29, 0.717) is 23.7 Å². The molecule has 0 saturated heterocycles. The lowest BCUT2D eigenvalue weighted by molar-refractivity contribution is 0.0953. The number of rotatable bonds is 14. The molecule has 0 aliphatic heterocycles. The van der Waals surface area contributed by atoms with Crippen LogP contribution in [0.3, 0.4) is 0 Å². The minimum atomic E-state index is -0.122. The van der Waals surface area contributed by atoms with Crippen LogP contribution in [-0.2, 0) is 13.0 Å². The summed E-state index contributed by atoms with van der Waals surface area (Å²) in [5.74, 6) is 2.69. The van der Waals surface area contributed by atoms with Crippen molar-refractivity contribution in [2.24, 2.45) is 0 Å². The van der Waals surface area contributed by atoms with Gasteiger partial charge in [0.15, 0.2) is 0 Å². The maximum Gasteiger partial charge on any atom is 0.252 e. The van der Waals surface area contributed by atoms with Crippen LogP contribution in [0.2, 0.25) is 5.02 Å². The Balaban J connectivity index is 1.21. The molecule has 0 aliphatic rings. The molecule has 37 heavy (non-hydrogen) atoms. The predicted molar refractivity (Wildman–Crippen MR) is 149 cm³/mol. The molecule has 0 spiro atoms. The highest BCUT2D eigenvalue weighted by atomic mass is 35.5. The quantitative estimate of drug-likeness (QED) is 0.188. The number of benzene rings is 3. The average Bonchev–Trinajstić information content (AvgIpc) is 3.28. The third kappa shape index (κ3) is 7.49. The molecule has 0 saturated carbocycles. The molecule has 0 unspecified atom stereocenters. The second kappa shape index (κ2) is 13.7. The summed E-state index contributed by atoms with van der Waals surface area (Å²) in [6, 6.07) is 23.1. The Labute approximate surface area is 223 Å². The van der Waals surface area contributed by atoms with Crippen LogP contribution in [-0.4, -0.2) is 35.7 Å². The normalized spacial score (nSPS) is 11.0. The third-order valence-electron chi connectivity index (χ3n) is 6.32. The molecule has 1 N–H and O–H groups in total. The summed E-state index contributed by atoms with van der Waals surface area (Å²) in [4.78, 5) is 17.2. The number of fused-ring (bicyclic) bond motifs is 1. The van der Waals surface area contributed by atoms with Gasteiger partial charge in [-0.05, 0) is 74.2 Å². The lowest BCUT2D eigenvalue weighted by Crippen LogP contribution is -2.24. The molecule has 0 aliphatic carbocycles. The number of aryl methyl sites for hydroxylation is 2. The maximum absolute atomic E-state index is 12.3. The van der Waals surface area contributed by atoms with Crippen molar-refractivity contribution in [3.8, 4) is 11.5 Å². The Kier molecular flexibility index (Phi) is 9.83. The van der Waals surface area contributed by atoms with E-state index in [2.05, 4.69) is 28.1 Å². The molecule has 6 nitrogen and oxygen atoms in total. The molecule has 4 rings (SSSR count). The van der Waals surface area contributed by atoms with Crippen molar-refractivity contribution in [3.63, 3.8) is 0 Å². The van der Waals surface area contributed by atoms with Crippen molar-refractivity contribution in [2.75, 3.05) is 20.3 Å². The number of carbonyl (C=O) groups is 1. The number of nitrogens with one attached hydrogen (secondary N) is 1. The van der Waals surface area contributed by atoms with Crippen LogP contribution in [0, 0.1) is 0 Å². The van der Waals surface area contributed by atoms with E-state index in [9.17, 15) is 4.79 Å². The standard InChI is InChI=1S/C30H34ClN3O3/c1-36-23-16-18-24(19-17-23)37-22-10-9-21-34-28-14-7-6-13-27(28)33-29(34)15-3-2-8-20-32-30(35)25-11-4-5-12-26(25)31/h4-7,11-14,16-19H,2-3,8-10,15,20-22H2,1H3,(H,32,35). The summed E-state index contributed by atoms with van der Waals surface area (Å²) in [6.45, 7) is 2.22. The molecular formula is C30H34ClN3O3. The van der Waals surface area contributed by atoms with Gasteiger partial charge < -0.3 is 19.4 Å². The molecule has 1 aromatic heterocycles. The zero-order valence-corrected chi connectivity index (χ0v) is 22.0. The number of ether oxygens (including phenoxy) is 2. The number of halogens is 1. The fourth-order valence-corrected chi connectivity index (χ4v) is 4.55. The van der Waals surface area contributed by atoms with Crippen molar-refractivity contribution >= 4 is 28.5 Å². The predicted octanol–water partition coefficient (Wildman–Crippen LogP) is 6.70. The van der Waals surface area contributed by atoms with Crippen LogP contribution in [0.15, 0.2) is 72.8 Å². The number of amides is 1. The largest absolute Gasteiger partial charge is 0.497 e. The monoisotopic (exact) mass is 519 g/mol. The molecule has 194 valence electrons. The summed E-state index contributed by atoms with van der Waals surface area (Å²) in [5.41, 5.74) is 2.74. The van der Waals surface area contributed by atoms with Crippen molar-refractivity contribution in [1.29, 1.82) is 0 Å². The lowest BCUT2D eigenvalue weighted by atomic mass is 10.1. The van der Waals surface area contributed by atoms with Gasteiger partial charge in [-0.25, -0.2) is 4.98 Å². The number of nitrogens with zero attached hydrogens (tertiary/aromatic N) is 2. The number of hydrogen-bond donors (Lipinski definition) is 1. The van der Waals surface area contributed by atoms with Crippen LogP contribution in [0.25, 0.3) is 11.0 Å². The highest BCUT2D eigenvalue weighted by Crippen LogP contribution is 2.20. The van der Waals surface area contributed by atoms with E-state index in [1.807, 2.05) is 42.5 Å². The van der Waals surface area contributed by atoms with Gasteiger partial charge in [-0.1, -0.05) is 42.3 Å². The summed E-state index contributed by atoms with van der Waals surface area (Å²) in [5, 5.41) is 3.44. The van der Waals surface area contributed by atoms with Gasteiger partial charge in [-0.3, -0.25) is 4.79 Å². The van der Waals surface area contributed by atoms with Crippen LogP contribution >= 0.6 is 11.6 Å². The summed E-state index contributed by atoms with van der Waals surface area (Å²) in [7, 11) is 1.66. The number of hydrogen-bond acceptors (Lipinski definition) is 4. The third-order valence-corrected chi connectivity index (χ3v) is 6.65. The van der Waals surface area contributed by atoms with Crippen LogP contribution in [0.5, 0.6) is 11.5 Å². The van der Waals surface area contributed by atoms with E-state index in [0.717, 1.165) is 67.9 Å². The van der Waals surface area contributed by atoms with Gasteiger partial charge in [0, 0.05) is 19.5 Å². The number of carbonyl (C=O) groups excluding carboxylic acids is 1. The zero-order valence-electron chi connectivity index (χ0n) is 21.3. The van der Waals surface area contributed by atoms with Crippen molar-refractivity contribution in [1.82, 2.24) is 14.9 Å². The summed E-state index contributed by atoms with van der Waals surface area (Å²) >= 11 is 6.11. The van der Waals surface area contributed by atoms with Gasteiger partial charge in [0.05, 0.1) is 35.3 Å². The first-order chi connectivity index (χ1) is 18.2. The smallest absolute Gasteiger partial charge is 0.252 e. The van der Waals surface area contributed by atoms with Gasteiger partial charge in [0.25, 0.3) is 5.91 Å². The van der Waals surface area contributed by atoms with Gasteiger partial charge in [-0.15, -0.1) is 0 Å². The van der Waals surface area contributed by atoms with Crippen molar-refractivity contribution in [3.05, 3.63) is 89.2 Å². The Bertz CT molecular complexity index is 1290. The molecule has 7 heteroatoms. The molecule has 0 bridgehead atoms. The van der Waals surface area contributed by atoms with E-state index >= 15 is 0 Å². The Morgan fingerprint density at radius 2 is 1.65 bits per heavy atom. The zero-order chi connectivity index (χ0) is 25.9. The van der Waals surface area contributed by atoms with Crippen LogP contribution in [0.4, 0.5) is 0 Å². The topological polar surface area (TPSA) is 65.4 Å². The molecule has 1 heterocycles. The van der Waals surface area contributed by atoms with Gasteiger partial charge in [0.2, 0.25) is 0 Å². The fourth-order valence-electron chi connectivity index (χ4n) is 4.33. The highest BCUT2D eigenvalue weighted by Gasteiger charge is 2.11. The maximum atomic E-state index is 12.3.